The first-order valence-electron chi connectivity index (χ1n) is 10.1. The average molecular weight is 448 g/mol. The van der Waals surface area contributed by atoms with Crippen LogP contribution in [0.1, 0.15) is 29.9 Å². The largest absolute Gasteiger partial charge is 0.442 e. The minimum atomic E-state index is -1.34. The van der Waals surface area contributed by atoms with Crippen molar-refractivity contribution in [3.05, 3.63) is 35.9 Å². The van der Waals surface area contributed by atoms with Crippen molar-refractivity contribution in [1.29, 1.82) is 0 Å². The number of nitrogens with one attached hydrogen (secondary N) is 1. The molecule has 1 N–H and O–H groups in total. The minimum absolute atomic E-state index is 0.0538. The zero-order valence-electron chi connectivity index (χ0n) is 17.3. The monoisotopic (exact) mass is 448 g/mol. The molecule has 2 fully saturated rings. The van der Waals surface area contributed by atoms with Crippen LogP contribution in [0.3, 0.4) is 0 Å². The third-order valence-electron chi connectivity index (χ3n) is 5.53. The van der Waals surface area contributed by atoms with Crippen LogP contribution in [0.2, 0.25) is 0 Å². The highest BCUT2D eigenvalue weighted by molar-refractivity contribution is 5.90. The summed E-state index contributed by atoms with van der Waals surface area (Å²) in [5.41, 5.74) is 0.669. The summed E-state index contributed by atoms with van der Waals surface area (Å²) in [6.07, 6.45) is -0.207. The zero-order chi connectivity index (χ0) is 22.8. The van der Waals surface area contributed by atoms with Crippen LogP contribution in [-0.2, 0) is 9.53 Å². The van der Waals surface area contributed by atoms with Gasteiger partial charge >= 0.3 is 6.09 Å². The smallest absolute Gasteiger partial charge is 0.414 e. The molecule has 2 saturated heterocycles. The lowest BCUT2D eigenvalue weighted by molar-refractivity contribution is -0.119. The molecule has 4 rings (SSSR count). The summed E-state index contributed by atoms with van der Waals surface area (Å²) in [6, 6.07) is 3.71. The predicted octanol–water partition coefficient (Wildman–Crippen LogP) is 1.48. The maximum Gasteiger partial charge on any atom is 0.414 e. The number of cyclic esters (lactones) is 1. The number of alkyl halides is 1. The molecule has 2 amide bonds. The summed E-state index contributed by atoms with van der Waals surface area (Å²) in [5.74, 6) is -0.826. The van der Waals surface area contributed by atoms with Crippen LogP contribution < -0.4 is 15.1 Å². The molecule has 0 spiro atoms. The molecule has 32 heavy (non-hydrogen) atoms. The highest BCUT2D eigenvalue weighted by atomic mass is 19.1. The van der Waals surface area contributed by atoms with Gasteiger partial charge in [-0.1, -0.05) is 5.21 Å². The van der Waals surface area contributed by atoms with E-state index in [9.17, 15) is 23.2 Å². The summed E-state index contributed by atoms with van der Waals surface area (Å²) in [7, 11) is 0. The molecule has 1 aromatic heterocycles. The number of ether oxygens (including phenoxy) is 1. The molecule has 10 nitrogen and oxygen atoms in total. The van der Waals surface area contributed by atoms with Gasteiger partial charge in [0.2, 0.25) is 5.91 Å². The molecule has 12 heteroatoms. The summed E-state index contributed by atoms with van der Waals surface area (Å²) >= 11 is 0. The molecule has 0 aliphatic carbocycles. The topological polar surface area (TPSA) is 110 Å². The van der Waals surface area contributed by atoms with Crippen LogP contribution in [0.5, 0.6) is 0 Å². The van der Waals surface area contributed by atoms with Crippen molar-refractivity contribution in [2.24, 2.45) is 0 Å². The van der Waals surface area contributed by atoms with E-state index in [1.54, 1.807) is 11.0 Å². The van der Waals surface area contributed by atoms with Crippen LogP contribution >= 0.6 is 0 Å². The molecule has 3 heterocycles. The van der Waals surface area contributed by atoms with Crippen molar-refractivity contribution < 1.29 is 27.9 Å². The van der Waals surface area contributed by atoms with Crippen molar-refractivity contribution >= 4 is 29.7 Å². The van der Waals surface area contributed by atoms with Gasteiger partial charge in [0.25, 0.3) is 0 Å². The Kier molecular flexibility index (Phi) is 6.01. The molecule has 3 atom stereocenters. The number of halogens is 2. The van der Waals surface area contributed by atoms with E-state index < -0.39 is 30.2 Å². The Bertz CT molecular complexity index is 1030. The minimum Gasteiger partial charge on any atom is -0.442 e. The number of carbonyl (C=O) groups excluding carboxylic acids is 3. The molecular formula is C20H22F2N6O4. The number of carbonyl (C=O) groups is 3. The van der Waals surface area contributed by atoms with Gasteiger partial charge in [0.05, 0.1) is 43.2 Å². The first-order valence-corrected chi connectivity index (χ1v) is 10.1. The van der Waals surface area contributed by atoms with Gasteiger partial charge in [-0.25, -0.2) is 18.3 Å². The number of hydrogen-bond donors (Lipinski definition) is 1. The van der Waals surface area contributed by atoms with Gasteiger partial charge in [-0.3, -0.25) is 14.5 Å². The fourth-order valence-corrected chi connectivity index (χ4v) is 3.93. The van der Waals surface area contributed by atoms with E-state index >= 15 is 0 Å². The third-order valence-corrected chi connectivity index (χ3v) is 5.53. The Morgan fingerprint density at radius 1 is 1.38 bits per heavy atom. The molecule has 2 aliphatic heterocycles. The second kappa shape index (κ2) is 8.89. The molecular weight excluding hydrogens is 426 g/mol. The summed E-state index contributed by atoms with van der Waals surface area (Å²) < 4.78 is 36.3. The summed E-state index contributed by atoms with van der Waals surface area (Å²) in [4.78, 5) is 36.8. The van der Waals surface area contributed by atoms with Gasteiger partial charge < -0.3 is 15.0 Å². The summed E-state index contributed by atoms with van der Waals surface area (Å²) in [6.45, 7) is 2.04. The van der Waals surface area contributed by atoms with Crippen molar-refractivity contribution in [3.63, 3.8) is 0 Å². The Morgan fingerprint density at radius 2 is 2.19 bits per heavy atom. The normalized spacial score (nSPS) is 23.2. The number of piperidine rings is 1. The van der Waals surface area contributed by atoms with Crippen LogP contribution in [0.25, 0.3) is 0 Å². The fraction of sp³-hybridized carbons (Fsp3) is 0.450. The van der Waals surface area contributed by atoms with Gasteiger partial charge in [0, 0.05) is 13.5 Å². The van der Waals surface area contributed by atoms with E-state index in [1.165, 1.54) is 34.8 Å². The predicted molar refractivity (Wildman–Crippen MR) is 109 cm³/mol. The van der Waals surface area contributed by atoms with E-state index in [0.717, 1.165) is 0 Å². The molecule has 0 saturated carbocycles. The Labute approximate surface area is 182 Å². The Hall–Kier alpha value is -3.57. The zero-order valence-corrected chi connectivity index (χ0v) is 17.3. The number of benzene rings is 1. The maximum absolute atomic E-state index is 14.9. The molecule has 1 aromatic carbocycles. The maximum atomic E-state index is 14.9. The number of amides is 2. The fourth-order valence-electron chi connectivity index (χ4n) is 3.93. The number of aromatic nitrogens is 3. The van der Waals surface area contributed by atoms with Crippen LogP contribution in [0.15, 0.2) is 24.4 Å². The molecule has 2 aromatic rings. The Morgan fingerprint density at radius 3 is 2.84 bits per heavy atom. The highest BCUT2D eigenvalue weighted by Gasteiger charge is 2.35. The molecule has 0 bridgehead atoms. The van der Waals surface area contributed by atoms with E-state index in [4.69, 9.17) is 4.74 Å². The van der Waals surface area contributed by atoms with Gasteiger partial charge in [-0.05, 0) is 24.6 Å². The quantitative estimate of drug-likeness (QED) is 0.667. The van der Waals surface area contributed by atoms with Crippen molar-refractivity contribution in [3.8, 4) is 0 Å². The van der Waals surface area contributed by atoms with Crippen LogP contribution in [0.4, 0.5) is 25.0 Å². The van der Waals surface area contributed by atoms with Gasteiger partial charge in [-0.2, -0.15) is 0 Å². The highest BCUT2D eigenvalue weighted by Crippen LogP contribution is 2.32. The number of hydrogen-bond acceptors (Lipinski definition) is 7. The first-order chi connectivity index (χ1) is 15.4. The average Bonchev–Trinajstić information content (AvgIpc) is 3.38. The van der Waals surface area contributed by atoms with E-state index in [0.29, 0.717) is 24.9 Å². The van der Waals surface area contributed by atoms with Crippen molar-refractivity contribution in [2.45, 2.75) is 31.7 Å². The summed E-state index contributed by atoms with van der Waals surface area (Å²) in [5, 5.41) is 10.0. The van der Waals surface area contributed by atoms with Gasteiger partial charge in [-0.15, -0.1) is 5.10 Å². The van der Waals surface area contributed by atoms with E-state index in [-0.39, 0.29) is 36.9 Å². The van der Waals surface area contributed by atoms with Gasteiger partial charge in [0.1, 0.15) is 23.8 Å². The molecule has 2 aliphatic rings. The number of nitrogens with zero attached hydrogens (tertiary/aromatic N) is 5. The SMILES string of the molecule is CC(=O)NCC1CN(c2ccc(N3CCC(n4cc(C=O)nn4)[C@@H](F)C3)c(F)c2)C(=O)O1. The second-order valence-electron chi connectivity index (χ2n) is 7.75. The van der Waals surface area contributed by atoms with E-state index in [2.05, 4.69) is 15.6 Å². The van der Waals surface area contributed by atoms with Crippen LogP contribution in [0, 0.1) is 5.82 Å². The number of anilines is 2. The van der Waals surface area contributed by atoms with E-state index in [1.807, 2.05) is 0 Å². The lowest BCUT2D eigenvalue weighted by Gasteiger charge is -2.36. The van der Waals surface area contributed by atoms with Gasteiger partial charge in [0.15, 0.2) is 6.29 Å². The lowest BCUT2D eigenvalue weighted by Crippen LogP contribution is -2.43. The van der Waals surface area contributed by atoms with Crippen LogP contribution in [-0.4, -0.2) is 71.7 Å². The number of aldehydes is 1. The molecule has 170 valence electrons. The molecule has 0 radical (unpaired) electrons. The first kappa shape index (κ1) is 21.7. The third kappa shape index (κ3) is 4.39. The number of rotatable bonds is 6. The van der Waals surface area contributed by atoms with Crippen molar-refractivity contribution in [1.82, 2.24) is 20.3 Å². The molecule has 2 unspecified atom stereocenters. The lowest BCUT2D eigenvalue weighted by atomic mass is 10.0. The standard InChI is InChI=1S/C20H22F2N6O4/c1-12(30)23-7-15-9-27(20(31)32-15)14-2-3-18(16(21)6-14)26-5-4-19(17(22)10-26)28-8-13(11-29)24-25-28/h2-3,6,8,11,15,17,19H,4-5,7,9-10H2,1H3,(H,23,30)/t15?,17-,19?/m0/s1. The second-order valence-corrected chi connectivity index (χ2v) is 7.75. The van der Waals surface area contributed by atoms with Crippen molar-refractivity contribution in [2.75, 3.05) is 36.0 Å². The Balaban J connectivity index is 1.42.